The van der Waals surface area contributed by atoms with Gasteiger partial charge < -0.3 is 10.3 Å². The standard InChI is InChI=1S/C16H21N3OS/c1-4-5-13-9-15(20)19-16(18-13)21-14-7-6-12(10-17-3)8-11(14)2/h6-9,17H,4-5,10H2,1-3H3,(H,18,19,20). The number of hydrogen-bond donors (Lipinski definition) is 2. The van der Waals surface area contributed by atoms with Crippen molar-refractivity contribution in [1.29, 1.82) is 0 Å². The van der Waals surface area contributed by atoms with Gasteiger partial charge >= 0.3 is 0 Å². The Balaban J connectivity index is 2.23. The van der Waals surface area contributed by atoms with Crippen LogP contribution in [-0.2, 0) is 13.0 Å². The lowest BCUT2D eigenvalue weighted by Crippen LogP contribution is -2.10. The summed E-state index contributed by atoms with van der Waals surface area (Å²) in [6, 6.07) is 7.92. The number of nitrogens with zero attached hydrogens (tertiary/aromatic N) is 1. The van der Waals surface area contributed by atoms with Crippen LogP contribution in [0, 0.1) is 6.92 Å². The van der Waals surface area contributed by atoms with Crippen molar-refractivity contribution >= 4 is 11.8 Å². The van der Waals surface area contributed by atoms with Gasteiger partial charge in [-0.1, -0.05) is 37.2 Å². The number of aromatic amines is 1. The van der Waals surface area contributed by atoms with E-state index in [0.717, 1.165) is 30.0 Å². The van der Waals surface area contributed by atoms with Crippen LogP contribution in [0.1, 0.15) is 30.2 Å². The van der Waals surface area contributed by atoms with Gasteiger partial charge in [0.05, 0.1) is 0 Å². The Hall–Kier alpha value is -1.59. The molecule has 2 aromatic rings. The number of nitrogens with one attached hydrogen (secondary N) is 2. The van der Waals surface area contributed by atoms with Crippen LogP contribution < -0.4 is 10.9 Å². The summed E-state index contributed by atoms with van der Waals surface area (Å²) in [5.41, 5.74) is 3.21. The van der Waals surface area contributed by atoms with E-state index in [-0.39, 0.29) is 5.56 Å². The SMILES string of the molecule is CCCc1cc(=O)[nH]c(Sc2ccc(CNC)cc2C)n1. The van der Waals surface area contributed by atoms with Crippen molar-refractivity contribution in [2.75, 3.05) is 7.05 Å². The fraction of sp³-hybridized carbons (Fsp3) is 0.375. The summed E-state index contributed by atoms with van der Waals surface area (Å²) < 4.78 is 0. The molecule has 0 fully saturated rings. The van der Waals surface area contributed by atoms with Crippen molar-refractivity contribution in [1.82, 2.24) is 15.3 Å². The molecule has 0 radical (unpaired) electrons. The molecule has 21 heavy (non-hydrogen) atoms. The molecule has 2 rings (SSSR count). The van der Waals surface area contributed by atoms with E-state index in [1.807, 2.05) is 7.05 Å². The highest BCUT2D eigenvalue weighted by Gasteiger charge is 2.06. The third-order valence-electron chi connectivity index (χ3n) is 3.11. The first-order valence-electron chi connectivity index (χ1n) is 7.14. The zero-order valence-electron chi connectivity index (χ0n) is 12.7. The summed E-state index contributed by atoms with van der Waals surface area (Å²) in [6.07, 6.45) is 1.82. The average molecular weight is 303 g/mol. The number of hydrogen-bond acceptors (Lipinski definition) is 4. The van der Waals surface area contributed by atoms with Crippen LogP contribution >= 0.6 is 11.8 Å². The van der Waals surface area contributed by atoms with E-state index >= 15 is 0 Å². The van der Waals surface area contributed by atoms with Gasteiger partial charge in [-0.3, -0.25) is 4.79 Å². The van der Waals surface area contributed by atoms with Gasteiger partial charge in [-0.25, -0.2) is 4.98 Å². The minimum atomic E-state index is -0.0830. The predicted molar refractivity (Wildman–Crippen MR) is 86.9 cm³/mol. The third-order valence-corrected chi connectivity index (χ3v) is 4.17. The molecule has 0 aliphatic rings. The summed E-state index contributed by atoms with van der Waals surface area (Å²) in [5.74, 6) is 0. The fourth-order valence-corrected chi connectivity index (χ4v) is 3.04. The number of H-pyrrole nitrogens is 1. The number of rotatable bonds is 6. The van der Waals surface area contributed by atoms with Gasteiger partial charge in [-0.15, -0.1) is 0 Å². The van der Waals surface area contributed by atoms with Gasteiger partial charge in [0.15, 0.2) is 5.16 Å². The van der Waals surface area contributed by atoms with Crippen molar-refractivity contribution < 1.29 is 0 Å². The Morgan fingerprint density at radius 1 is 1.33 bits per heavy atom. The summed E-state index contributed by atoms with van der Waals surface area (Å²) in [5, 5.41) is 3.81. The van der Waals surface area contributed by atoms with E-state index in [9.17, 15) is 4.79 Å². The van der Waals surface area contributed by atoms with E-state index in [2.05, 4.69) is 47.3 Å². The molecular formula is C16H21N3OS. The molecule has 2 N–H and O–H groups in total. The quantitative estimate of drug-likeness (QED) is 0.806. The Kier molecular flexibility index (Phi) is 5.59. The van der Waals surface area contributed by atoms with Gasteiger partial charge in [-0.2, -0.15) is 0 Å². The van der Waals surface area contributed by atoms with Crippen LogP contribution in [0.5, 0.6) is 0 Å². The number of aryl methyl sites for hydroxylation is 2. The minimum absolute atomic E-state index is 0.0830. The largest absolute Gasteiger partial charge is 0.316 e. The molecule has 0 saturated carbocycles. The van der Waals surface area contributed by atoms with Gasteiger partial charge in [0.25, 0.3) is 5.56 Å². The summed E-state index contributed by atoms with van der Waals surface area (Å²) in [4.78, 5) is 20.1. The molecule has 4 nitrogen and oxygen atoms in total. The number of benzene rings is 1. The highest BCUT2D eigenvalue weighted by Crippen LogP contribution is 2.28. The average Bonchev–Trinajstić information content (AvgIpc) is 2.42. The Morgan fingerprint density at radius 2 is 2.14 bits per heavy atom. The predicted octanol–water partition coefficient (Wildman–Crippen LogP) is 2.90. The first-order chi connectivity index (χ1) is 10.1. The lowest BCUT2D eigenvalue weighted by Gasteiger charge is -2.08. The van der Waals surface area contributed by atoms with Gasteiger partial charge in [0, 0.05) is 23.2 Å². The Labute approximate surface area is 129 Å². The molecule has 0 unspecified atom stereocenters. The van der Waals surface area contributed by atoms with Crippen molar-refractivity contribution in [3.05, 3.63) is 51.4 Å². The summed E-state index contributed by atoms with van der Waals surface area (Å²) in [6.45, 7) is 5.02. The van der Waals surface area contributed by atoms with E-state index in [1.54, 1.807) is 6.07 Å². The van der Waals surface area contributed by atoms with Crippen molar-refractivity contribution in [3.8, 4) is 0 Å². The second-order valence-corrected chi connectivity index (χ2v) is 6.05. The Morgan fingerprint density at radius 3 is 2.81 bits per heavy atom. The minimum Gasteiger partial charge on any atom is -0.316 e. The van der Waals surface area contributed by atoms with Crippen LogP contribution in [0.3, 0.4) is 0 Å². The molecule has 0 spiro atoms. The lowest BCUT2D eigenvalue weighted by atomic mass is 10.1. The van der Waals surface area contributed by atoms with Crippen LogP contribution in [0.2, 0.25) is 0 Å². The van der Waals surface area contributed by atoms with E-state index in [0.29, 0.717) is 5.16 Å². The van der Waals surface area contributed by atoms with Crippen molar-refractivity contribution in [2.45, 2.75) is 43.3 Å². The second kappa shape index (κ2) is 7.43. The van der Waals surface area contributed by atoms with Gasteiger partial charge in [0.1, 0.15) is 0 Å². The number of aromatic nitrogens is 2. The second-order valence-electron chi connectivity index (χ2n) is 5.02. The highest BCUT2D eigenvalue weighted by molar-refractivity contribution is 7.99. The zero-order chi connectivity index (χ0) is 15.2. The van der Waals surface area contributed by atoms with Crippen LogP contribution in [-0.4, -0.2) is 17.0 Å². The molecule has 0 saturated heterocycles. The maximum atomic E-state index is 11.7. The molecule has 112 valence electrons. The zero-order valence-corrected chi connectivity index (χ0v) is 13.5. The van der Waals surface area contributed by atoms with Crippen LogP contribution in [0.4, 0.5) is 0 Å². The highest BCUT2D eigenvalue weighted by atomic mass is 32.2. The molecule has 0 atom stereocenters. The monoisotopic (exact) mass is 303 g/mol. The molecule has 5 heteroatoms. The molecule has 1 aromatic carbocycles. The maximum absolute atomic E-state index is 11.7. The van der Waals surface area contributed by atoms with Gasteiger partial charge in [-0.05, 0) is 37.6 Å². The van der Waals surface area contributed by atoms with Crippen LogP contribution in [0.25, 0.3) is 0 Å². The van der Waals surface area contributed by atoms with E-state index < -0.39 is 0 Å². The lowest BCUT2D eigenvalue weighted by molar-refractivity contribution is 0.813. The molecule has 0 bridgehead atoms. The molecule has 0 aliphatic carbocycles. The molecule has 1 heterocycles. The third kappa shape index (κ3) is 4.44. The van der Waals surface area contributed by atoms with Crippen molar-refractivity contribution in [3.63, 3.8) is 0 Å². The Bertz CT molecular complexity index is 667. The normalized spacial score (nSPS) is 10.8. The maximum Gasteiger partial charge on any atom is 0.251 e. The topological polar surface area (TPSA) is 57.8 Å². The molecule has 0 amide bonds. The smallest absolute Gasteiger partial charge is 0.251 e. The van der Waals surface area contributed by atoms with E-state index in [4.69, 9.17) is 0 Å². The summed E-state index contributed by atoms with van der Waals surface area (Å²) in [7, 11) is 1.94. The summed E-state index contributed by atoms with van der Waals surface area (Å²) >= 11 is 1.51. The van der Waals surface area contributed by atoms with Crippen molar-refractivity contribution in [2.24, 2.45) is 0 Å². The van der Waals surface area contributed by atoms with Gasteiger partial charge in [0.2, 0.25) is 0 Å². The van der Waals surface area contributed by atoms with Crippen LogP contribution in [0.15, 0.2) is 39.1 Å². The van der Waals surface area contributed by atoms with E-state index in [1.165, 1.54) is 22.9 Å². The first kappa shape index (κ1) is 15.8. The molecule has 1 aromatic heterocycles. The fourth-order valence-electron chi connectivity index (χ4n) is 2.16. The molecular weight excluding hydrogens is 282 g/mol. The molecule has 0 aliphatic heterocycles. The first-order valence-corrected chi connectivity index (χ1v) is 7.96.